The highest BCUT2D eigenvalue weighted by Crippen LogP contribution is 2.14. The molecule has 1 aliphatic heterocycles. The van der Waals surface area contributed by atoms with E-state index in [0.717, 1.165) is 19.3 Å². The van der Waals surface area contributed by atoms with E-state index in [1.165, 1.54) is 0 Å². The molecule has 0 saturated carbocycles. The first-order chi connectivity index (χ1) is 8.24. The molecule has 0 N–H and O–H groups in total. The van der Waals surface area contributed by atoms with Gasteiger partial charge >= 0.3 is 0 Å². The molecule has 1 unspecified atom stereocenters. The second-order valence-corrected chi connectivity index (χ2v) is 4.41. The van der Waals surface area contributed by atoms with E-state index in [1.807, 2.05) is 4.90 Å². The normalized spacial score (nSPS) is 23.7. The minimum Gasteiger partial charge on any atom is -0.340 e. The van der Waals surface area contributed by atoms with Crippen LogP contribution in [0.3, 0.4) is 0 Å². The lowest BCUT2D eigenvalue weighted by Gasteiger charge is -2.40. The van der Waals surface area contributed by atoms with Gasteiger partial charge in [-0.25, -0.2) is 4.39 Å². The molecule has 100 valence electrons. The van der Waals surface area contributed by atoms with Gasteiger partial charge < -0.3 is 4.90 Å². The summed E-state index contributed by atoms with van der Waals surface area (Å²) in [4.78, 5) is 18.1. The molecule has 1 heterocycles. The highest BCUT2D eigenvalue weighted by Gasteiger charge is 2.27. The third kappa shape index (κ3) is 4.20. The van der Waals surface area contributed by atoms with Gasteiger partial charge in [0.2, 0.25) is 6.41 Å². The van der Waals surface area contributed by atoms with Crippen LogP contribution in [0.15, 0.2) is 0 Å². The van der Waals surface area contributed by atoms with Crippen LogP contribution in [-0.2, 0) is 9.74 Å². The smallest absolute Gasteiger partial charge is 0.210 e. The molecule has 1 aliphatic rings. The molecular formula is C11H20F2N2O2. The zero-order valence-electron chi connectivity index (χ0n) is 10.1. The average molecular weight is 250 g/mol. The molecule has 0 radical (unpaired) electrons. The molecule has 1 fully saturated rings. The molecule has 0 bridgehead atoms. The van der Waals surface area contributed by atoms with Crippen molar-refractivity contribution in [2.45, 2.75) is 31.9 Å². The molecule has 0 aromatic heterocycles. The van der Waals surface area contributed by atoms with Crippen molar-refractivity contribution in [2.75, 3.05) is 32.9 Å². The Morgan fingerprint density at radius 1 is 1.53 bits per heavy atom. The third-order valence-electron chi connectivity index (χ3n) is 3.13. The number of amides is 1. The van der Waals surface area contributed by atoms with Gasteiger partial charge in [0.25, 0.3) is 0 Å². The molecule has 4 nitrogen and oxygen atoms in total. The maximum absolute atomic E-state index is 12.3. The number of hydrogen-bond donors (Lipinski definition) is 0. The fourth-order valence-corrected chi connectivity index (χ4v) is 2.22. The van der Waals surface area contributed by atoms with Crippen LogP contribution >= 0.6 is 0 Å². The van der Waals surface area contributed by atoms with E-state index in [2.05, 4.69) is 11.9 Å². The van der Waals surface area contributed by atoms with Crippen LogP contribution in [0.1, 0.15) is 19.8 Å². The lowest BCUT2D eigenvalue weighted by molar-refractivity contribution is -0.190. The molecule has 17 heavy (non-hydrogen) atoms. The quantitative estimate of drug-likeness (QED) is 0.636. The maximum Gasteiger partial charge on any atom is 0.210 e. The molecule has 1 amide bonds. The van der Waals surface area contributed by atoms with Crippen LogP contribution in [-0.4, -0.2) is 61.2 Å². The van der Waals surface area contributed by atoms with Crippen molar-refractivity contribution in [2.24, 2.45) is 0 Å². The van der Waals surface area contributed by atoms with Gasteiger partial charge in [-0.2, -0.15) is 4.94 Å². The van der Waals surface area contributed by atoms with Crippen molar-refractivity contribution in [1.29, 1.82) is 0 Å². The maximum atomic E-state index is 12.3. The van der Waals surface area contributed by atoms with Crippen molar-refractivity contribution >= 4 is 6.41 Å². The van der Waals surface area contributed by atoms with E-state index >= 15 is 0 Å². The second-order valence-electron chi connectivity index (χ2n) is 4.41. The van der Waals surface area contributed by atoms with Gasteiger partial charge in [0.1, 0.15) is 12.8 Å². The second kappa shape index (κ2) is 7.55. The largest absolute Gasteiger partial charge is 0.340 e. The summed E-state index contributed by atoms with van der Waals surface area (Å²) in [5, 5.41) is 0. The van der Waals surface area contributed by atoms with Gasteiger partial charge in [-0.3, -0.25) is 9.69 Å². The van der Waals surface area contributed by atoms with Gasteiger partial charge in [0, 0.05) is 32.2 Å². The number of carbonyl (C=O) groups excluding carboxylic acids is 1. The molecular weight excluding hydrogens is 230 g/mol. The summed E-state index contributed by atoms with van der Waals surface area (Å²) in [7, 11) is 0. The predicted octanol–water partition coefficient (Wildman–Crippen LogP) is 1.17. The number of halogens is 2. The first-order valence-electron chi connectivity index (χ1n) is 6.01. The van der Waals surface area contributed by atoms with Gasteiger partial charge in [-0.05, 0) is 10.9 Å². The highest BCUT2D eigenvalue weighted by molar-refractivity contribution is 5.48. The molecule has 6 heteroatoms. The van der Waals surface area contributed by atoms with Gasteiger partial charge in [0.15, 0.2) is 0 Å². The summed E-state index contributed by atoms with van der Waals surface area (Å²) in [6.07, 6.45) is 1.73. The van der Waals surface area contributed by atoms with E-state index < -0.39 is 12.8 Å². The van der Waals surface area contributed by atoms with E-state index in [9.17, 15) is 13.7 Å². The molecule has 0 aliphatic carbocycles. The van der Waals surface area contributed by atoms with Crippen molar-refractivity contribution in [3.05, 3.63) is 0 Å². The molecule has 0 aromatic rings. The highest BCUT2D eigenvalue weighted by atomic mass is 19.3. The van der Waals surface area contributed by atoms with Gasteiger partial charge in [-0.1, -0.05) is 13.3 Å². The van der Waals surface area contributed by atoms with Crippen LogP contribution in [0.2, 0.25) is 0 Å². The van der Waals surface area contributed by atoms with Crippen LogP contribution in [0, 0.1) is 0 Å². The van der Waals surface area contributed by atoms with E-state index in [0.29, 0.717) is 19.6 Å². The molecule has 0 spiro atoms. The Balaban J connectivity index is 2.46. The topological polar surface area (TPSA) is 32.8 Å². The number of piperazine rings is 1. The van der Waals surface area contributed by atoms with Crippen LogP contribution in [0.5, 0.6) is 0 Å². The molecule has 1 saturated heterocycles. The van der Waals surface area contributed by atoms with E-state index in [-0.39, 0.29) is 12.6 Å². The average Bonchev–Trinajstić information content (AvgIpc) is 2.36. The summed E-state index contributed by atoms with van der Waals surface area (Å²) in [5.74, 6) is 0. The Morgan fingerprint density at radius 2 is 2.29 bits per heavy atom. The fourth-order valence-electron chi connectivity index (χ4n) is 2.22. The molecule has 0 aromatic carbocycles. The fraction of sp³-hybridized carbons (Fsp3) is 0.909. The van der Waals surface area contributed by atoms with Crippen LogP contribution < -0.4 is 0 Å². The minimum atomic E-state index is -1.01. The minimum absolute atomic E-state index is 0.145. The van der Waals surface area contributed by atoms with Crippen LogP contribution in [0.4, 0.5) is 8.92 Å². The predicted molar refractivity (Wildman–Crippen MR) is 59.9 cm³/mol. The van der Waals surface area contributed by atoms with Crippen molar-refractivity contribution in [1.82, 2.24) is 9.80 Å². The number of rotatable bonds is 7. The Morgan fingerprint density at radius 3 is 2.82 bits per heavy atom. The Hall–Kier alpha value is -0.750. The zero-order valence-corrected chi connectivity index (χ0v) is 10.1. The summed E-state index contributed by atoms with van der Waals surface area (Å²) in [6.45, 7) is 3.37. The summed E-state index contributed by atoms with van der Waals surface area (Å²) in [6, 6.07) is 0.145. The summed E-state index contributed by atoms with van der Waals surface area (Å²) >= 11 is 0. The number of alkyl halides is 1. The van der Waals surface area contributed by atoms with Crippen molar-refractivity contribution in [3.8, 4) is 0 Å². The van der Waals surface area contributed by atoms with Crippen LogP contribution in [0.25, 0.3) is 0 Å². The standard InChI is InChI=1S/C11H20F2N2O2/c1-2-3-10-7-14(4-5-15(10)9-16)8-11(6-12)17-13/h9-11H,2-8H2,1H3/t10-,11?/m0/s1. The van der Waals surface area contributed by atoms with Gasteiger partial charge in [-0.15, -0.1) is 0 Å². The summed E-state index contributed by atoms with van der Waals surface area (Å²) in [5.41, 5.74) is 0. The Kier molecular flexibility index (Phi) is 6.36. The zero-order chi connectivity index (χ0) is 12.7. The monoisotopic (exact) mass is 250 g/mol. The molecule has 1 rings (SSSR count). The van der Waals surface area contributed by atoms with E-state index in [4.69, 9.17) is 0 Å². The van der Waals surface area contributed by atoms with E-state index in [1.54, 1.807) is 4.90 Å². The SMILES string of the molecule is CCC[C@H]1CN(CC(CF)OF)CCN1C=O. The Labute approximate surface area is 100 Å². The van der Waals surface area contributed by atoms with Crippen molar-refractivity contribution in [3.63, 3.8) is 0 Å². The summed E-state index contributed by atoms with van der Waals surface area (Å²) < 4.78 is 24.3. The van der Waals surface area contributed by atoms with Gasteiger partial charge in [0.05, 0.1) is 0 Å². The number of carbonyl (C=O) groups is 1. The lowest BCUT2D eigenvalue weighted by Crippen LogP contribution is -2.54. The van der Waals surface area contributed by atoms with Crippen molar-refractivity contribution < 1.29 is 18.7 Å². The molecule has 2 atom stereocenters. The number of hydrogen-bond acceptors (Lipinski definition) is 3. The first kappa shape index (κ1) is 14.3. The third-order valence-corrected chi connectivity index (χ3v) is 3.13. The number of nitrogens with zero attached hydrogens (tertiary/aromatic N) is 2. The Bertz CT molecular complexity index is 228. The lowest BCUT2D eigenvalue weighted by atomic mass is 10.1. The first-order valence-corrected chi connectivity index (χ1v) is 6.01.